The summed E-state index contributed by atoms with van der Waals surface area (Å²) in [6, 6.07) is 15.5. The molecule has 0 saturated carbocycles. The molecule has 0 aliphatic carbocycles. The van der Waals surface area contributed by atoms with Crippen molar-refractivity contribution in [2.45, 2.75) is 5.92 Å². The minimum absolute atomic E-state index is 0.209. The molecule has 2 aromatic carbocycles. The number of hydrogen-bond acceptors (Lipinski definition) is 2. The molecular weight excluding hydrogens is 358 g/mol. The summed E-state index contributed by atoms with van der Waals surface area (Å²) in [7, 11) is -0.531. The van der Waals surface area contributed by atoms with Crippen LogP contribution in [0.2, 0.25) is 5.02 Å². The van der Waals surface area contributed by atoms with E-state index in [2.05, 4.69) is 9.71 Å². The lowest BCUT2D eigenvalue weighted by molar-refractivity contribution is 0.503. The minimum atomic E-state index is -3.53. The molecule has 1 unspecified atom stereocenters. The van der Waals surface area contributed by atoms with Crippen LogP contribution in [0.4, 0.5) is 0 Å². The molecule has 1 heterocycles. The maximum absolute atomic E-state index is 12.2. The third-order valence-electron chi connectivity index (χ3n) is 4.23. The Labute approximate surface area is 152 Å². The van der Waals surface area contributed by atoms with Crippen molar-refractivity contribution in [1.29, 1.82) is 0 Å². The highest BCUT2D eigenvalue weighted by molar-refractivity contribution is 7.87. The van der Waals surface area contributed by atoms with Crippen molar-refractivity contribution in [2.24, 2.45) is 0 Å². The van der Waals surface area contributed by atoms with E-state index >= 15 is 0 Å². The zero-order valence-electron chi connectivity index (χ0n) is 14.0. The first-order chi connectivity index (χ1) is 11.9. The molecule has 1 atom stereocenters. The Morgan fingerprint density at radius 3 is 2.48 bits per heavy atom. The molecule has 0 saturated heterocycles. The largest absolute Gasteiger partial charge is 0.361 e. The number of nitrogens with one attached hydrogen (secondary N) is 2. The van der Waals surface area contributed by atoms with Gasteiger partial charge in [-0.25, -0.2) is 4.72 Å². The zero-order valence-corrected chi connectivity index (χ0v) is 15.6. The average molecular weight is 378 g/mol. The number of para-hydroxylation sites is 1. The van der Waals surface area contributed by atoms with Gasteiger partial charge in [0.25, 0.3) is 10.2 Å². The Morgan fingerprint density at radius 1 is 1.08 bits per heavy atom. The van der Waals surface area contributed by atoms with E-state index in [4.69, 9.17) is 11.6 Å². The second kappa shape index (κ2) is 7.17. The first kappa shape index (κ1) is 17.9. The number of rotatable bonds is 6. The molecule has 5 nitrogen and oxygen atoms in total. The molecule has 0 aliphatic rings. The third-order valence-corrected chi connectivity index (χ3v) is 6.06. The monoisotopic (exact) mass is 377 g/mol. The van der Waals surface area contributed by atoms with Gasteiger partial charge in [-0.1, -0.05) is 48.0 Å². The van der Waals surface area contributed by atoms with Crippen LogP contribution in [0.1, 0.15) is 17.0 Å². The SMILES string of the molecule is CN(C)S(=O)(=O)NCC(c1ccccc1Cl)c1c[nH]c2ccccc12. The second-order valence-corrected chi connectivity index (χ2v) is 8.38. The molecule has 0 bridgehead atoms. The van der Waals surface area contributed by atoms with Crippen LogP contribution >= 0.6 is 11.6 Å². The fourth-order valence-electron chi connectivity index (χ4n) is 2.85. The van der Waals surface area contributed by atoms with Gasteiger partial charge in [0.1, 0.15) is 0 Å². The molecule has 0 radical (unpaired) electrons. The highest BCUT2D eigenvalue weighted by Gasteiger charge is 2.23. The van der Waals surface area contributed by atoms with Crippen molar-refractivity contribution in [2.75, 3.05) is 20.6 Å². The number of H-pyrrole nitrogens is 1. The smallest absolute Gasteiger partial charge is 0.278 e. The molecular formula is C18H20ClN3O2S. The van der Waals surface area contributed by atoms with Gasteiger partial charge in [0.15, 0.2) is 0 Å². The van der Waals surface area contributed by atoms with E-state index in [0.29, 0.717) is 5.02 Å². The Hall–Kier alpha value is -1.86. The predicted octanol–water partition coefficient (Wildman–Crippen LogP) is 3.35. The van der Waals surface area contributed by atoms with E-state index in [1.54, 1.807) is 0 Å². The van der Waals surface area contributed by atoms with Crippen LogP contribution in [0.3, 0.4) is 0 Å². The Morgan fingerprint density at radius 2 is 1.76 bits per heavy atom. The van der Waals surface area contributed by atoms with Gasteiger partial charge in [-0.3, -0.25) is 0 Å². The average Bonchev–Trinajstić information content (AvgIpc) is 3.00. The zero-order chi connectivity index (χ0) is 18.0. The first-order valence-electron chi connectivity index (χ1n) is 7.87. The van der Waals surface area contributed by atoms with Gasteiger partial charge in [-0.2, -0.15) is 12.7 Å². The van der Waals surface area contributed by atoms with Crippen molar-refractivity contribution in [3.05, 3.63) is 70.9 Å². The number of nitrogens with zero attached hydrogens (tertiary/aromatic N) is 1. The molecule has 132 valence electrons. The summed E-state index contributed by atoms with van der Waals surface area (Å²) in [6.07, 6.45) is 1.92. The summed E-state index contributed by atoms with van der Waals surface area (Å²) < 4.78 is 28.1. The molecule has 25 heavy (non-hydrogen) atoms. The van der Waals surface area contributed by atoms with Gasteiger partial charge < -0.3 is 4.98 Å². The highest BCUT2D eigenvalue weighted by Crippen LogP contribution is 2.34. The van der Waals surface area contributed by atoms with E-state index in [1.807, 2.05) is 54.7 Å². The van der Waals surface area contributed by atoms with Crippen LogP contribution < -0.4 is 4.72 Å². The van der Waals surface area contributed by atoms with E-state index in [1.165, 1.54) is 14.1 Å². The summed E-state index contributed by atoms with van der Waals surface area (Å²) in [5, 5.41) is 1.67. The number of hydrogen-bond donors (Lipinski definition) is 2. The Kier molecular flexibility index (Phi) is 5.15. The number of halogens is 1. The van der Waals surface area contributed by atoms with E-state index in [0.717, 1.165) is 26.3 Å². The Bertz CT molecular complexity index is 983. The molecule has 0 fully saturated rings. The first-order valence-corrected chi connectivity index (χ1v) is 9.69. The molecule has 0 spiro atoms. The topological polar surface area (TPSA) is 65.2 Å². The summed E-state index contributed by atoms with van der Waals surface area (Å²) in [5.41, 5.74) is 2.89. The van der Waals surface area contributed by atoms with Crippen molar-refractivity contribution < 1.29 is 8.42 Å². The Balaban J connectivity index is 2.05. The number of aromatic nitrogens is 1. The maximum Gasteiger partial charge on any atom is 0.278 e. The molecule has 3 aromatic rings. The molecule has 0 amide bonds. The van der Waals surface area contributed by atoms with E-state index < -0.39 is 10.2 Å². The fraction of sp³-hybridized carbons (Fsp3) is 0.222. The summed E-state index contributed by atoms with van der Waals surface area (Å²) in [5.74, 6) is -0.209. The normalized spacial score (nSPS) is 13.4. The van der Waals surface area contributed by atoms with Crippen LogP contribution in [-0.4, -0.2) is 38.3 Å². The van der Waals surface area contributed by atoms with Crippen LogP contribution in [0, 0.1) is 0 Å². The second-order valence-electron chi connectivity index (χ2n) is 6.00. The van der Waals surface area contributed by atoms with Crippen molar-refractivity contribution in [1.82, 2.24) is 14.0 Å². The van der Waals surface area contributed by atoms with Crippen LogP contribution in [0.25, 0.3) is 10.9 Å². The van der Waals surface area contributed by atoms with Crippen molar-refractivity contribution in [3.63, 3.8) is 0 Å². The van der Waals surface area contributed by atoms with Crippen LogP contribution in [-0.2, 0) is 10.2 Å². The number of benzene rings is 2. The van der Waals surface area contributed by atoms with Gasteiger partial charge in [0, 0.05) is 48.7 Å². The summed E-state index contributed by atoms with van der Waals surface area (Å²) in [4.78, 5) is 3.25. The van der Waals surface area contributed by atoms with Crippen molar-refractivity contribution >= 4 is 32.7 Å². The third kappa shape index (κ3) is 3.72. The van der Waals surface area contributed by atoms with Gasteiger partial charge in [0.05, 0.1) is 0 Å². The molecule has 2 N–H and O–H groups in total. The lowest BCUT2D eigenvalue weighted by Gasteiger charge is -2.21. The molecule has 0 aliphatic heterocycles. The van der Waals surface area contributed by atoms with Crippen LogP contribution in [0.5, 0.6) is 0 Å². The fourth-order valence-corrected chi connectivity index (χ4v) is 3.75. The number of aromatic amines is 1. The minimum Gasteiger partial charge on any atom is -0.361 e. The predicted molar refractivity (Wildman–Crippen MR) is 102 cm³/mol. The lowest BCUT2D eigenvalue weighted by atomic mass is 9.91. The van der Waals surface area contributed by atoms with E-state index in [-0.39, 0.29) is 12.5 Å². The molecule has 1 aromatic heterocycles. The van der Waals surface area contributed by atoms with Gasteiger partial charge in [-0.15, -0.1) is 0 Å². The lowest BCUT2D eigenvalue weighted by Crippen LogP contribution is -2.38. The molecule has 7 heteroatoms. The quantitative estimate of drug-likeness (QED) is 0.691. The summed E-state index contributed by atoms with van der Waals surface area (Å²) in [6.45, 7) is 0.214. The van der Waals surface area contributed by atoms with Gasteiger partial charge in [0.2, 0.25) is 0 Å². The maximum atomic E-state index is 12.2. The van der Waals surface area contributed by atoms with Crippen LogP contribution in [0.15, 0.2) is 54.7 Å². The van der Waals surface area contributed by atoms with Gasteiger partial charge >= 0.3 is 0 Å². The number of fused-ring (bicyclic) bond motifs is 1. The standard InChI is InChI=1S/C18H20ClN3O2S/c1-22(2)25(23,24)21-12-16(13-7-3-5-9-17(13)19)15-11-20-18-10-6-4-8-14(15)18/h3-11,16,20-21H,12H2,1-2H3. The van der Waals surface area contributed by atoms with Crippen molar-refractivity contribution in [3.8, 4) is 0 Å². The highest BCUT2D eigenvalue weighted by atomic mass is 35.5. The van der Waals surface area contributed by atoms with Gasteiger partial charge in [-0.05, 0) is 23.3 Å². The summed E-state index contributed by atoms with van der Waals surface area (Å²) >= 11 is 6.40. The molecule has 3 rings (SSSR count). The van der Waals surface area contributed by atoms with E-state index in [9.17, 15) is 8.42 Å².